The van der Waals surface area contributed by atoms with Gasteiger partial charge in [-0.15, -0.1) is 0 Å². The van der Waals surface area contributed by atoms with Crippen molar-refractivity contribution >= 4 is 40.7 Å². The number of nitrogens with one attached hydrogen (secondary N) is 2. The number of anilines is 2. The molecular weight excluding hydrogens is 366 g/mol. The first-order valence-electron chi connectivity index (χ1n) is 8.89. The molecule has 0 bridgehead atoms. The van der Waals surface area contributed by atoms with Gasteiger partial charge in [-0.05, 0) is 55.6 Å². The van der Waals surface area contributed by atoms with Crippen LogP contribution in [0, 0.1) is 12.8 Å². The van der Waals surface area contributed by atoms with Crippen molar-refractivity contribution in [2.75, 3.05) is 23.3 Å². The molecule has 1 aliphatic rings. The minimum atomic E-state index is 0.503. The lowest BCUT2D eigenvalue weighted by atomic mass is 10.0. The van der Waals surface area contributed by atoms with Gasteiger partial charge in [0.25, 0.3) is 0 Å². The maximum Gasteiger partial charge on any atom is 0.231 e. The highest BCUT2D eigenvalue weighted by atomic mass is 35.5. The zero-order valence-electron chi connectivity index (χ0n) is 15.1. The first kappa shape index (κ1) is 18.9. The fourth-order valence-corrected chi connectivity index (χ4v) is 3.39. The van der Waals surface area contributed by atoms with Crippen LogP contribution in [0.15, 0.2) is 30.3 Å². The lowest BCUT2D eigenvalue weighted by molar-refractivity contribution is 0.444. The third-order valence-electron chi connectivity index (χ3n) is 4.41. The largest absolute Gasteiger partial charge is 0.358 e. The van der Waals surface area contributed by atoms with Crippen LogP contribution in [0.25, 0.3) is 0 Å². The van der Waals surface area contributed by atoms with Crippen molar-refractivity contribution in [3.63, 3.8) is 0 Å². The predicted molar refractivity (Wildman–Crippen MR) is 112 cm³/mol. The molecule has 1 aliphatic heterocycles. The smallest absolute Gasteiger partial charge is 0.231 e. The van der Waals surface area contributed by atoms with Gasteiger partial charge in [-0.1, -0.05) is 30.7 Å². The summed E-state index contributed by atoms with van der Waals surface area (Å²) in [7, 11) is 0. The molecule has 2 aromatic rings. The van der Waals surface area contributed by atoms with E-state index in [1.165, 1.54) is 12.8 Å². The fraction of sp³-hybridized carbons (Fsp3) is 0.421. The van der Waals surface area contributed by atoms with Crippen LogP contribution in [-0.4, -0.2) is 28.2 Å². The second-order valence-corrected chi connectivity index (χ2v) is 7.66. The quantitative estimate of drug-likeness (QED) is 0.766. The number of benzene rings is 1. The Morgan fingerprint density at radius 3 is 2.81 bits per heavy atom. The first-order chi connectivity index (χ1) is 12.5. The van der Waals surface area contributed by atoms with E-state index in [1.54, 1.807) is 0 Å². The monoisotopic (exact) mass is 389 g/mol. The number of nitrogens with zero attached hydrogens (tertiary/aromatic N) is 3. The highest BCUT2D eigenvalue weighted by Crippen LogP contribution is 2.22. The van der Waals surface area contributed by atoms with Crippen LogP contribution < -0.4 is 15.5 Å². The average Bonchev–Trinajstić information content (AvgIpc) is 2.61. The molecule has 0 amide bonds. The molecule has 0 radical (unpaired) electrons. The molecule has 2 heterocycles. The van der Waals surface area contributed by atoms with Crippen molar-refractivity contribution in [3.8, 4) is 0 Å². The Morgan fingerprint density at radius 2 is 2.08 bits per heavy atom. The Balaban J connectivity index is 1.61. The summed E-state index contributed by atoms with van der Waals surface area (Å²) in [6.45, 7) is 6.96. The number of aromatic nitrogens is 2. The van der Waals surface area contributed by atoms with Gasteiger partial charge in [0, 0.05) is 36.4 Å². The van der Waals surface area contributed by atoms with Crippen molar-refractivity contribution in [2.45, 2.75) is 33.2 Å². The number of piperidine rings is 1. The van der Waals surface area contributed by atoms with Gasteiger partial charge in [-0.25, -0.2) is 4.98 Å². The van der Waals surface area contributed by atoms with Crippen molar-refractivity contribution in [3.05, 3.63) is 46.6 Å². The van der Waals surface area contributed by atoms with Crippen LogP contribution in [0.5, 0.6) is 0 Å². The number of hydrogen-bond acceptors (Lipinski definition) is 4. The second kappa shape index (κ2) is 8.64. The second-order valence-electron chi connectivity index (χ2n) is 6.82. The maximum absolute atomic E-state index is 5.91. The van der Waals surface area contributed by atoms with Crippen molar-refractivity contribution in [1.82, 2.24) is 15.3 Å². The topological polar surface area (TPSA) is 53.1 Å². The van der Waals surface area contributed by atoms with Gasteiger partial charge < -0.3 is 15.5 Å². The van der Waals surface area contributed by atoms with E-state index < -0.39 is 0 Å². The molecule has 1 saturated heterocycles. The van der Waals surface area contributed by atoms with E-state index in [4.69, 9.17) is 23.8 Å². The lowest BCUT2D eigenvalue weighted by Crippen LogP contribution is -2.35. The Labute approximate surface area is 165 Å². The predicted octanol–water partition coefficient (Wildman–Crippen LogP) is 4.16. The molecule has 138 valence electrons. The standard InChI is InChI=1S/C19H24ClN5S/c1-13-4-3-9-25(12-13)17-10-14(2)22-18(23-17)24-19(26)21-11-15-5-7-16(20)8-6-15/h5-8,10,13H,3-4,9,11-12H2,1-2H3,(H2,21,22,23,24,26)/t13-/m0/s1. The summed E-state index contributed by atoms with van der Waals surface area (Å²) >= 11 is 11.3. The number of halogens is 1. The maximum atomic E-state index is 5.91. The Kier molecular flexibility index (Phi) is 6.27. The summed E-state index contributed by atoms with van der Waals surface area (Å²) in [6, 6.07) is 9.70. The molecule has 0 unspecified atom stereocenters. The lowest BCUT2D eigenvalue weighted by Gasteiger charge is -2.32. The van der Waals surface area contributed by atoms with Gasteiger partial charge in [0.2, 0.25) is 5.95 Å². The van der Waals surface area contributed by atoms with Gasteiger partial charge in [-0.2, -0.15) is 4.98 Å². The summed E-state index contributed by atoms with van der Waals surface area (Å²) < 4.78 is 0. The minimum absolute atomic E-state index is 0.503. The molecule has 1 aromatic heterocycles. The summed E-state index contributed by atoms with van der Waals surface area (Å²) in [5.41, 5.74) is 2.03. The Hall–Kier alpha value is -1.92. The minimum Gasteiger partial charge on any atom is -0.358 e. The molecule has 1 aromatic carbocycles. The van der Waals surface area contributed by atoms with Gasteiger partial charge in [-0.3, -0.25) is 0 Å². The van der Waals surface area contributed by atoms with Gasteiger partial charge >= 0.3 is 0 Å². The zero-order valence-corrected chi connectivity index (χ0v) is 16.7. The van der Waals surface area contributed by atoms with E-state index >= 15 is 0 Å². The molecule has 2 N–H and O–H groups in total. The molecule has 1 atom stereocenters. The van der Waals surface area contributed by atoms with E-state index in [1.807, 2.05) is 37.3 Å². The number of hydrogen-bond donors (Lipinski definition) is 2. The van der Waals surface area contributed by atoms with E-state index in [9.17, 15) is 0 Å². The molecule has 7 heteroatoms. The third-order valence-corrected chi connectivity index (χ3v) is 4.91. The number of thiocarbonyl (C=S) groups is 1. The summed E-state index contributed by atoms with van der Waals surface area (Å²) in [5.74, 6) is 2.19. The molecule has 5 nitrogen and oxygen atoms in total. The molecule has 26 heavy (non-hydrogen) atoms. The number of rotatable bonds is 4. The fourth-order valence-electron chi connectivity index (χ4n) is 3.10. The molecule has 0 aliphatic carbocycles. The van der Waals surface area contributed by atoms with Crippen LogP contribution in [0.2, 0.25) is 5.02 Å². The number of aryl methyl sites for hydroxylation is 1. The van der Waals surface area contributed by atoms with Crippen LogP contribution in [-0.2, 0) is 6.54 Å². The Bertz CT molecular complexity index is 765. The van der Waals surface area contributed by atoms with E-state index in [0.29, 0.717) is 23.5 Å². The highest BCUT2D eigenvalue weighted by molar-refractivity contribution is 7.80. The van der Waals surface area contributed by atoms with Crippen molar-refractivity contribution in [2.24, 2.45) is 5.92 Å². The normalized spacial score (nSPS) is 17.0. The van der Waals surface area contributed by atoms with Crippen LogP contribution in [0.1, 0.15) is 31.0 Å². The van der Waals surface area contributed by atoms with Crippen LogP contribution in [0.3, 0.4) is 0 Å². The summed E-state index contributed by atoms with van der Waals surface area (Å²) in [6.07, 6.45) is 2.48. The van der Waals surface area contributed by atoms with E-state index in [0.717, 1.165) is 35.2 Å². The highest BCUT2D eigenvalue weighted by Gasteiger charge is 2.18. The van der Waals surface area contributed by atoms with E-state index in [-0.39, 0.29) is 0 Å². The first-order valence-corrected chi connectivity index (χ1v) is 9.68. The van der Waals surface area contributed by atoms with Gasteiger partial charge in [0.15, 0.2) is 5.11 Å². The summed E-state index contributed by atoms with van der Waals surface area (Å²) in [4.78, 5) is 11.4. The van der Waals surface area contributed by atoms with Crippen molar-refractivity contribution in [1.29, 1.82) is 0 Å². The van der Waals surface area contributed by atoms with Gasteiger partial charge in [0.1, 0.15) is 5.82 Å². The molecular formula is C19H24ClN5S. The summed E-state index contributed by atoms with van der Waals surface area (Å²) in [5, 5.41) is 7.50. The Morgan fingerprint density at radius 1 is 1.31 bits per heavy atom. The SMILES string of the molecule is Cc1cc(N2CCC[C@H](C)C2)nc(NC(=S)NCc2ccc(Cl)cc2)n1. The van der Waals surface area contributed by atoms with Crippen molar-refractivity contribution < 1.29 is 0 Å². The third kappa shape index (κ3) is 5.29. The molecule has 0 spiro atoms. The molecule has 1 fully saturated rings. The van der Waals surface area contributed by atoms with Crippen LogP contribution >= 0.6 is 23.8 Å². The van der Waals surface area contributed by atoms with Crippen LogP contribution in [0.4, 0.5) is 11.8 Å². The molecule has 3 rings (SSSR count). The molecule has 0 saturated carbocycles. The van der Waals surface area contributed by atoms with Gasteiger partial charge in [0.05, 0.1) is 0 Å². The average molecular weight is 390 g/mol. The van der Waals surface area contributed by atoms with E-state index in [2.05, 4.69) is 32.4 Å². The zero-order chi connectivity index (χ0) is 18.5.